The second kappa shape index (κ2) is 5.94. The Labute approximate surface area is 130 Å². The van der Waals surface area contributed by atoms with Gasteiger partial charge in [-0.05, 0) is 31.5 Å². The topological polar surface area (TPSA) is 20.3 Å². The van der Waals surface area contributed by atoms with Gasteiger partial charge in [-0.2, -0.15) is 0 Å². The lowest BCUT2D eigenvalue weighted by Gasteiger charge is -2.49. The number of nitrogens with zero attached hydrogens (tertiary/aromatic N) is 1. The minimum Gasteiger partial charge on any atom is -0.331 e. The van der Waals surface area contributed by atoms with Gasteiger partial charge in [-0.1, -0.05) is 48.5 Å². The van der Waals surface area contributed by atoms with E-state index in [1.165, 1.54) is 5.56 Å². The Hall–Kier alpha value is -1.74. The standard InChI is InChI=1S/C18H19NOS/c1-13(2)19-16(14-9-5-3-6-10-14)17(18(19)20)21-15-11-7-4-8-12-15/h3-13,16-17H,1-2H3/t16-,17-/m0/s1. The maximum atomic E-state index is 12.5. The van der Waals surface area contributed by atoms with Crippen molar-refractivity contribution in [2.75, 3.05) is 0 Å². The first-order valence-electron chi connectivity index (χ1n) is 7.27. The summed E-state index contributed by atoms with van der Waals surface area (Å²) in [6.45, 7) is 4.16. The smallest absolute Gasteiger partial charge is 0.239 e. The number of thioether (sulfide) groups is 1. The van der Waals surface area contributed by atoms with Crippen molar-refractivity contribution in [1.29, 1.82) is 0 Å². The van der Waals surface area contributed by atoms with Gasteiger partial charge in [-0.15, -0.1) is 11.8 Å². The van der Waals surface area contributed by atoms with E-state index in [0.717, 1.165) is 4.90 Å². The lowest BCUT2D eigenvalue weighted by molar-refractivity contribution is -0.147. The largest absolute Gasteiger partial charge is 0.331 e. The van der Waals surface area contributed by atoms with Gasteiger partial charge in [0.2, 0.25) is 5.91 Å². The number of benzene rings is 2. The van der Waals surface area contributed by atoms with Crippen molar-refractivity contribution in [3.63, 3.8) is 0 Å². The second-order valence-electron chi connectivity index (χ2n) is 5.55. The molecule has 0 N–H and O–H groups in total. The molecule has 108 valence electrons. The van der Waals surface area contributed by atoms with Crippen molar-refractivity contribution < 1.29 is 4.79 Å². The lowest BCUT2D eigenvalue weighted by Crippen LogP contribution is -2.59. The van der Waals surface area contributed by atoms with Crippen molar-refractivity contribution in [2.45, 2.75) is 36.1 Å². The summed E-state index contributed by atoms with van der Waals surface area (Å²) in [6.07, 6.45) is 0. The molecule has 1 aliphatic heterocycles. The van der Waals surface area contributed by atoms with Gasteiger partial charge < -0.3 is 4.90 Å². The summed E-state index contributed by atoms with van der Waals surface area (Å²) in [7, 11) is 0. The minimum absolute atomic E-state index is 0.0165. The molecule has 0 unspecified atom stereocenters. The first kappa shape index (κ1) is 14.2. The highest BCUT2D eigenvalue weighted by atomic mass is 32.2. The maximum absolute atomic E-state index is 12.5. The molecule has 2 aromatic rings. The Morgan fingerprint density at radius 2 is 1.52 bits per heavy atom. The number of hydrogen-bond acceptors (Lipinski definition) is 2. The van der Waals surface area contributed by atoms with Gasteiger partial charge in [0.1, 0.15) is 5.25 Å². The Kier molecular flexibility index (Phi) is 4.02. The molecule has 1 saturated heterocycles. The van der Waals surface area contributed by atoms with Crippen LogP contribution in [0.5, 0.6) is 0 Å². The molecule has 1 amide bonds. The zero-order valence-corrected chi connectivity index (χ0v) is 13.1. The summed E-state index contributed by atoms with van der Waals surface area (Å²) in [5.74, 6) is 0.243. The number of carbonyl (C=O) groups is 1. The van der Waals surface area contributed by atoms with Crippen LogP contribution in [0.25, 0.3) is 0 Å². The van der Waals surface area contributed by atoms with Crippen LogP contribution in [0.15, 0.2) is 65.6 Å². The zero-order valence-electron chi connectivity index (χ0n) is 12.3. The van der Waals surface area contributed by atoms with Crippen LogP contribution in [0.2, 0.25) is 0 Å². The van der Waals surface area contributed by atoms with Gasteiger partial charge in [0.15, 0.2) is 0 Å². The highest BCUT2D eigenvalue weighted by molar-refractivity contribution is 8.00. The molecule has 3 rings (SSSR count). The molecule has 3 heteroatoms. The van der Waals surface area contributed by atoms with Gasteiger partial charge >= 0.3 is 0 Å². The van der Waals surface area contributed by atoms with Crippen LogP contribution < -0.4 is 0 Å². The highest BCUT2D eigenvalue weighted by Gasteiger charge is 2.49. The minimum atomic E-state index is -0.0165. The molecule has 1 aliphatic rings. The van der Waals surface area contributed by atoms with Gasteiger partial charge in [0.05, 0.1) is 6.04 Å². The number of carbonyl (C=O) groups excluding carboxylic acids is 1. The van der Waals surface area contributed by atoms with E-state index in [0.29, 0.717) is 0 Å². The third-order valence-corrected chi connectivity index (χ3v) is 5.05. The fraction of sp³-hybridized carbons (Fsp3) is 0.278. The van der Waals surface area contributed by atoms with Crippen LogP contribution in [0, 0.1) is 0 Å². The van der Waals surface area contributed by atoms with E-state index in [4.69, 9.17) is 0 Å². The van der Waals surface area contributed by atoms with Crippen LogP contribution in [0.1, 0.15) is 25.5 Å². The van der Waals surface area contributed by atoms with Crippen molar-refractivity contribution >= 4 is 17.7 Å². The number of rotatable bonds is 4. The predicted molar refractivity (Wildman–Crippen MR) is 87.3 cm³/mol. The summed E-state index contributed by atoms with van der Waals surface area (Å²) in [5, 5.41) is -0.0165. The number of amides is 1. The molecule has 2 atom stereocenters. The summed E-state index contributed by atoms with van der Waals surface area (Å²) in [4.78, 5) is 15.6. The molecule has 0 aliphatic carbocycles. The first-order chi connectivity index (χ1) is 10.2. The molecule has 1 heterocycles. The Morgan fingerprint density at radius 3 is 2.10 bits per heavy atom. The third kappa shape index (κ3) is 2.70. The molecule has 0 saturated carbocycles. The van der Waals surface area contributed by atoms with Crippen LogP contribution >= 0.6 is 11.8 Å². The van der Waals surface area contributed by atoms with Crippen LogP contribution in [-0.4, -0.2) is 22.1 Å². The summed E-state index contributed by atoms with van der Waals surface area (Å²) < 4.78 is 0. The molecule has 0 bridgehead atoms. The monoisotopic (exact) mass is 297 g/mol. The highest BCUT2D eigenvalue weighted by Crippen LogP contribution is 2.45. The molecule has 21 heavy (non-hydrogen) atoms. The third-order valence-electron chi connectivity index (χ3n) is 3.79. The van der Waals surface area contributed by atoms with E-state index < -0.39 is 0 Å². The quantitative estimate of drug-likeness (QED) is 0.791. The number of likely N-dealkylation sites (tertiary alicyclic amines) is 1. The van der Waals surface area contributed by atoms with E-state index >= 15 is 0 Å². The average molecular weight is 297 g/mol. The van der Waals surface area contributed by atoms with Gasteiger partial charge in [0.25, 0.3) is 0 Å². The number of hydrogen-bond donors (Lipinski definition) is 0. The normalized spacial score (nSPS) is 21.5. The molecule has 2 aromatic carbocycles. The molecule has 0 aromatic heterocycles. The zero-order chi connectivity index (χ0) is 14.8. The molecule has 1 fully saturated rings. The Balaban J connectivity index is 1.87. The van der Waals surface area contributed by atoms with Crippen molar-refractivity contribution in [3.05, 3.63) is 66.2 Å². The number of β-lactam (4-membered cyclic amide) rings is 1. The predicted octanol–water partition coefficient (Wildman–Crippen LogP) is 4.14. The van der Waals surface area contributed by atoms with Gasteiger partial charge in [-0.25, -0.2) is 0 Å². The first-order valence-corrected chi connectivity index (χ1v) is 8.15. The van der Waals surface area contributed by atoms with Crippen LogP contribution in [0.3, 0.4) is 0 Å². The molecule has 0 spiro atoms. The Morgan fingerprint density at radius 1 is 0.952 bits per heavy atom. The van der Waals surface area contributed by atoms with Gasteiger partial charge in [-0.3, -0.25) is 4.79 Å². The average Bonchev–Trinajstić information content (AvgIpc) is 2.51. The van der Waals surface area contributed by atoms with E-state index in [1.807, 2.05) is 41.3 Å². The molecule has 0 radical (unpaired) electrons. The van der Waals surface area contributed by atoms with Crippen LogP contribution in [0.4, 0.5) is 0 Å². The van der Waals surface area contributed by atoms with E-state index in [9.17, 15) is 4.79 Å². The molecule has 2 nitrogen and oxygen atoms in total. The lowest BCUT2D eigenvalue weighted by atomic mass is 9.91. The van der Waals surface area contributed by atoms with Crippen molar-refractivity contribution in [1.82, 2.24) is 4.90 Å². The van der Waals surface area contributed by atoms with E-state index in [1.54, 1.807) is 11.8 Å². The maximum Gasteiger partial charge on any atom is 0.239 e. The second-order valence-corrected chi connectivity index (χ2v) is 6.76. The van der Waals surface area contributed by atoms with Crippen molar-refractivity contribution in [3.8, 4) is 0 Å². The summed E-state index contributed by atoms with van der Waals surface area (Å²) in [6, 6.07) is 20.9. The molecular weight excluding hydrogens is 278 g/mol. The summed E-state index contributed by atoms with van der Waals surface area (Å²) in [5.41, 5.74) is 1.22. The molecular formula is C18H19NOS. The van der Waals surface area contributed by atoms with Gasteiger partial charge in [0, 0.05) is 10.9 Å². The summed E-state index contributed by atoms with van der Waals surface area (Å²) >= 11 is 1.67. The Bertz CT molecular complexity index is 612. The fourth-order valence-electron chi connectivity index (χ4n) is 2.80. The van der Waals surface area contributed by atoms with Crippen molar-refractivity contribution in [2.24, 2.45) is 0 Å². The van der Waals surface area contributed by atoms with E-state index in [-0.39, 0.29) is 23.2 Å². The van der Waals surface area contributed by atoms with E-state index in [2.05, 4.69) is 38.1 Å². The SMILES string of the molecule is CC(C)N1C(=O)[C@@H](Sc2ccccc2)[C@@H]1c1ccccc1. The van der Waals surface area contributed by atoms with Crippen LogP contribution in [-0.2, 0) is 4.79 Å². The fourth-order valence-corrected chi connectivity index (χ4v) is 4.05.